The first-order valence-electron chi connectivity index (χ1n) is 6.42. The Morgan fingerprint density at radius 3 is 2.72 bits per heavy atom. The third kappa shape index (κ3) is 4.07. The summed E-state index contributed by atoms with van der Waals surface area (Å²) in [7, 11) is 0. The second-order valence-electron chi connectivity index (χ2n) is 4.42. The van der Waals surface area contributed by atoms with Crippen LogP contribution in [0.15, 0.2) is 12.1 Å². The lowest BCUT2D eigenvalue weighted by Gasteiger charge is -2.16. The molecular formula is C13H21N3O2. The minimum Gasteiger partial charge on any atom is -0.314 e. The van der Waals surface area contributed by atoms with Crippen LogP contribution in [0, 0.1) is 17.0 Å². The molecule has 0 radical (unpaired) electrons. The maximum absolute atomic E-state index is 11.0. The zero-order valence-electron chi connectivity index (χ0n) is 11.3. The number of hydrogen-bond donors (Lipinski definition) is 1. The van der Waals surface area contributed by atoms with Gasteiger partial charge in [0, 0.05) is 24.2 Å². The van der Waals surface area contributed by atoms with Gasteiger partial charge in [-0.2, -0.15) is 0 Å². The van der Waals surface area contributed by atoms with E-state index in [0.717, 1.165) is 25.1 Å². The highest BCUT2D eigenvalue weighted by atomic mass is 16.6. The minimum atomic E-state index is -0.350. The molecule has 1 aromatic heterocycles. The first kappa shape index (κ1) is 14.6. The van der Waals surface area contributed by atoms with E-state index in [-0.39, 0.29) is 16.7 Å². The van der Waals surface area contributed by atoms with Crippen LogP contribution in [0.5, 0.6) is 0 Å². The van der Waals surface area contributed by atoms with Gasteiger partial charge in [-0.05, 0) is 26.0 Å². The van der Waals surface area contributed by atoms with Crippen LogP contribution < -0.4 is 5.32 Å². The Hall–Kier alpha value is -1.49. The fraction of sp³-hybridized carbons (Fsp3) is 0.615. The van der Waals surface area contributed by atoms with Crippen LogP contribution in [0.4, 0.5) is 5.69 Å². The lowest BCUT2D eigenvalue weighted by molar-refractivity contribution is -0.386. The summed E-state index contributed by atoms with van der Waals surface area (Å²) in [5.74, 6) is 0. The molecular weight excluding hydrogens is 230 g/mol. The van der Waals surface area contributed by atoms with E-state index in [4.69, 9.17) is 0 Å². The second-order valence-corrected chi connectivity index (χ2v) is 4.42. The third-order valence-electron chi connectivity index (χ3n) is 2.86. The maximum atomic E-state index is 11.0. The molecule has 1 atom stereocenters. The van der Waals surface area contributed by atoms with Crippen LogP contribution in [-0.4, -0.2) is 22.5 Å². The number of nitrogens with zero attached hydrogens (tertiary/aromatic N) is 2. The molecule has 0 bridgehead atoms. The molecule has 0 aliphatic rings. The van der Waals surface area contributed by atoms with Crippen LogP contribution in [0.1, 0.15) is 38.1 Å². The number of nitro groups is 1. The quantitative estimate of drug-likeness (QED) is 0.597. The number of aromatic nitrogens is 1. The highest BCUT2D eigenvalue weighted by Crippen LogP contribution is 2.19. The van der Waals surface area contributed by atoms with Crippen molar-refractivity contribution in [3.05, 3.63) is 33.6 Å². The van der Waals surface area contributed by atoms with E-state index in [2.05, 4.69) is 17.2 Å². The number of hydrogen-bond acceptors (Lipinski definition) is 4. The molecule has 5 nitrogen and oxygen atoms in total. The lowest BCUT2D eigenvalue weighted by Crippen LogP contribution is -2.31. The van der Waals surface area contributed by atoms with Gasteiger partial charge in [-0.1, -0.05) is 20.3 Å². The number of nitrogens with one attached hydrogen (secondary N) is 1. The number of likely N-dealkylation sites (N-methyl/N-ethyl adjacent to an activating group) is 1. The van der Waals surface area contributed by atoms with Crippen LogP contribution in [0.25, 0.3) is 0 Å². The van der Waals surface area contributed by atoms with E-state index in [1.165, 1.54) is 0 Å². The molecule has 0 aliphatic heterocycles. The molecule has 1 N–H and O–H groups in total. The Kier molecular flexibility index (Phi) is 5.71. The maximum Gasteiger partial charge on any atom is 0.290 e. The van der Waals surface area contributed by atoms with Crippen molar-refractivity contribution in [3.8, 4) is 0 Å². The topological polar surface area (TPSA) is 68.1 Å². The van der Waals surface area contributed by atoms with E-state index in [9.17, 15) is 10.1 Å². The first-order chi connectivity index (χ1) is 8.58. The van der Waals surface area contributed by atoms with Crippen molar-refractivity contribution >= 4 is 5.69 Å². The molecule has 100 valence electrons. The SMILES string of the molecule is CCCC(Cc1nc(C)ccc1[N+](=O)[O-])NCC. The Morgan fingerprint density at radius 1 is 1.44 bits per heavy atom. The fourth-order valence-electron chi connectivity index (χ4n) is 2.07. The first-order valence-corrected chi connectivity index (χ1v) is 6.42. The summed E-state index contributed by atoms with van der Waals surface area (Å²) in [5, 5.41) is 14.3. The molecule has 0 spiro atoms. The predicted molar refractivity (Wildman–Crippen MR) is 71.7 cm³/mol. The molecule has 0 saturated heterocycles. The van der Waals surface area contributed by atoms with E-state index < -0.39 is 0 Å². The van der Waals surface area contributed by atoms with E-state index in [0.29, 0.717) is 12.1 Å². The minimum absolute atomic E-state index is 0.125. The summed E-state index contributed by atoms with van der Waals surface area (Å²) in [6, 6.07) is 3.49. The molecule has 18 heavy (non-hydrogen) atoms. The third-order valence-corrected chi connectivity index (χ3v) is 2.86. The van der Waals surface area contributed by atoms with Gasteiger partial charge in [0.25, 0.3) is 5.69 Å². The van der Waals surface area contributed by atoms with Crippen molar-refractivity contribution in [2.45, 2.75) is 46.1 Å². The van der Waals surface area contributed by atoms with Gasteiger partial charge in [-0.3, -0.25) is 15.1 Å². The van der Waals surface area contributed by atoms with Crippen molar-refractivity contribution < 1.29 is 4.92 Å². The highest BCUT2D eigenvalue weighted by Gasteiger charge is 2.18. The van der Waals surface area contributed by atoms with E-state index in [1.807, 2.05) is 13.8 Å². The normalized spacial score (nSPS) is 12.4. The molecule has 0 fully saturated rings. The van der Waals surface area contributed by atoms with Crippen molar-refractivity contribution in [2.24, 2.45) is 0 Å². The number of aryl methyl sites for hydroxylation is 1. The largest absolute Gasteiger partial charge is 0.314 e. The van der Waals surface area contributed by atoms with E-state index >= 15 is 0 Å². The lowest BCUT2D eigenvalue weighted by atomic mass is 10.0. The number of pyridine rings is 1. The second kappa shape index (κ2) is 7.06. The average molecular weight is 251 g/mol. The Bertz CT molecular complexity index is 401. The van der Waals surface area contributed by atoms with Gasteiger partial charge < -0.3 is 5.32 Å². The van der Waals surface area contributed by atoms with Crippen molar-refractivity contribution in [1.82, 2.24) is 10.3 Å². The number of rotatable bonds is 7. The molecule has 1 aromatic rings. The summed E-state index contributed by atoms with van der Waals surface area (Å²) in [5.41, 5.74) is 1.53. The molecule has 0 saturated carbocycles. The van der Waals surface area contributed by atoms with Gasteiger partial charge in [0.2, 0.25) is 0 Å². The summed E-state index contributed by atoms with van der Waals surface area (Å²) in [4.78, 5) is 14.9. The average Bonchev–Trinajstić information content (AvgIpc) is 2.29. The zero-order valence-corrected chi connectivity index (χ0v) is 11.3. The predicted octanol–water partition coefficient (Wildman–Crippen LogP) is 2.62. The highest BCUT2D eigenvalue weighted by molar-refractivity contribution is 5.36. The molecule has 1 heterocycles. The smallest absolute Gasteiger partial charge is 0.290 e. The van der Waals surface area contributed by atoms with Crippen LogP contribution in [0.2, 0.25) is 0 Å². The Morgan fingerprint density at radius 2 is 2.17 bits per heavy atom. The molecule has 5 heteroatoms. The summed E-state index contributed by atoms with van der Waals surface area (Å²) in [6.45, 7) is 6.88. The molecule has 0 aliphatic carbocycles. The van der Waals surface area contributed by atoms with Crippen LogP contribution in [-0.2, 0) is 6.42 Å². The summed E-state index contributed by atoms with van der Waals surface area (Å²) >= 11 is 0. The van der Waals surface area contributed by atoms with Gasteiger partial charge in [0.1, 0.15) is 5.69 Å². The van der Waals surface area contributed by atoms with Crippen molar-refractivity contribution in [3.63, 3.8) is 0 Å². The van der Waals surface area contributed by atoms with Crippen LogP contribution in [0.3, 0.4) is 0 Å². The standard InChI is InChI=1S/C13H21N3O2/c1-4-6-11(14-5-2)9-12-13(16(17)18)8-7-10(3)15-12/h7-8,11,14H,4-6,9H2,1-3H3. The Balaban J connectivity index is 2.92. The van der Waals surface area contributed by atoms with Gasteiger partial charge in [0.05, 0.1) is 4.92 Å². The van der Waals surface area contributed by atoms with Gasteiger partial charge in [-0.25, -0.2) is 0 Å². The van der Waals surface area contributed by atoms with Gasteiger partial charge >= 0.3 is 0 Å². The summed E-state index contributed by atoms with van der Waals surface area (Å²) < 4.78 is 0. The monoisotopic (exact) mass is 251 g/mol. The molecule has 0 amide bonds. The Labute approximate surface area is 108 Å². The van der Waals surface area contributed by atoms with Crippen LogP contribution >= 0.6 is 0 Å². The van der Waals surface area contributed by atoms with Gasteiger partial charge in [-0.15, -0.1) is 0 Å². The van der Waals surface area contributed by atoms with Gasteiger partial charge in [0.15, 0.2) is 0 Å². The van der Waals surface area contributed by atoms with Crippen molar-refractivity contribution in [1.29, 1.82) is 0 Å². The van der Waals surface area contributed by atoms with Crippen molar-refractivity contribution in [2.75, 3.05) is 6.54 Å². The van der Waals surface area contributed by atoms with E-state index in [1.54, 1.807) is 12.1 Å². The molecule has 0 aromatic carbocycles. The zero-order chi connectivity index (χ0) is 13.5. The summed E-state index contributed by atoms with van der Waals surface area (Å²) in [6.07, 6.45) is 2.66. The molecule has 1 unspecified atom stereocenters. The molecule has 1 rings (SSSR count). The fourth-order valence-corrected chi connectivity index (χ4v) is 2.07.